The summed E-state index contributed by atoms with van der Waals surface area (Å²) in [6.07, 6.45) is 26.1. The molecule has 6 aliphatic heterocycles. The maximum atomic E-state index is 10.9. The van der Waals surface area contributed by atoms with E-state index in [9.17, 15) is 54.9 Å². The number of likely N-dealkylation sites (tertiary alicyclic amines) is 4. The number of hydrogen-bond acceptors (Lipinski definition) is 23. The minimum atomic E-state index is -0.794. The van der Waals surface area contributed by atoms with E-state index in [4.69, 9.17) is 32.5 Å². The van der Waals surface area contributed by atoms with Gasteiger partial charge in [-0.25, -0.2) is 0 Å². The molecular weight excluding hydrogens is 1570 g/mol. The van der Waals surface area contributed by atoms with E-state index in [2.05, 4.69) is 152 Å². The standard InChI is InChI=1S/C9H18O2.C8H15NO3.C8H15NO.C8H13NO.C8H15NO.C8H16O2.C7H14O2.C6H13N.C6H11N.C5H13N.2C4H11N.2C3H9N.C3H8O2.C2H7N.6CH4/c1-6-4-9(2,3)5-7(10)8(6)11;1-5-3-9(6(2)10)4-7(11)8(5)12;2*1-7-4-3-5-9(6-7)8(2)10;1-8-2-4-9(5-3-8)6-7-10;1-5-3-6(2)8(10)7(9)4-5;1-5-3-2-4-6(8)7(5)9;1-6-4-3-5-7(6)2;1-6-3-2-4-7-5-6;1-3-4-5-6-2;1-3-4-5-2;1-2-3-4-5;1-3-4-2;1-2-3-4;1-3(5)2-4;1-2-3;;;;;;/h6-8,10-11H,4-5H2,1-3H3;5,7-8,11-12H,3-4H2,1-2H3;7H,3-6H2,1-2H3;3-4,7H,5-6H2,1-2H3;7-8H,2-6H2,1H3;5-10H,3-4H2,1-2H3;5-9H,2-4H2,1H3;6H,3-5H2,1-2H3;2-3,6-7H,4-5H2,1H3;6H,3-5H2,1-2H3;5H,3-4H2,1-2H3;2-5H2,1H3;4H,3H2,1-2H3;2-4H2,1H3;3-5H,2H2,1H3;2-3H2,1H3;6*1H4. The van der Waals surface area contributed by atoms with E-state index >= 15 is 0 Å². The number of aliphatic hydroxyl groups excluding tert-OH is 10. The number of piperidine rings is 3. The smallest absolute Gasteiger partial charge is 0.219 e. The number of nitrogens with zero attached hydrogens (tertiary/aromatic N) is 5. The van der Waals surface area contributed by atoms with Gasteiger partial charge in [-0.1, -0.05) is 206 Å². The van der Waals surface area contributed by atoms with Crippen LogP contribution in [0.15, 0.2) is 24.3 Å². The van der Waals surface area contributed by atoms with Crippen molar-refractivity contribution in [3.8, 4) is 0 Å². The second kappa shape index (κ2) is 98.8. The highest BCUT2D eigenvalue weighted by molar-refractivity contribution is 5.74. The highest BCUT2D eigenvalue weighted by atomic mass is 16.3. The summed E-state index contributed by atoms with van der Waals surface area (Å²) in [5.74, 6) is 4.50. The van der Waals surface area contributed by atoms with Gasteiger partial charge in [-0.2, -0.15) is 0 Å². The van der Waals surface area contributed by atoms with E-state index in [1.807, 2.05) is 65.6 Å². The number of rotatable bonds is 12. The van der Waals surface area contributed by atoms with Crippen molar-refractivity contribution < 1.29 is 70.2 Å². The number of aldehydes is 1. The monoisotopic (exact) mass is 1790 g/mol. The number of unbranched alkanes of at least 4 members (excludes halogenated alkanes) is 2. The fraction of sp³-hybridized carbons (Fsp3) is 0.918. The van der Waals surface area contributed by atoms with Gasteiger partial charge in [0.15, 0.2) is 0 Å². The van der Waals surface area contributed by atoms with E-state index in [0.717, 1.165) is 167 Å². The minimum absolute atomic E-state index is 0. The molecule has 7 fully saturated rings. The molecule has 0 aromatic heterocycles. The van der Waals surface area contributed by atoms with E-state index in [-0.39, 0.29) is 105 Å². The van der Waals surface area contributed by atoms with Gasteiger partial charge in [0, 0.05) is 85.1 Å². The van der Waals surface area contributed by atoms with Crippen LogP contribution in [0, 0.1) is 58.7 Å². The first-order valence-corrected chi connectivity index (χ1v) is 45.9. The first kappa shape index (κ1) is 149. The fourth-order valence-electron chi connectivity index (χ4n) is 13.4. The normalized spacial score (nSPS) is 26.7. The number of nitrogens with one attached hydrogen (secondary N) is 4. The zero-order valence-electron chi connectivity index (χ0n) is 80.8. The summed E-state index contributed by atoms with van der Waals surface area (Å²) in [6, 6.07) is 0.847. The van der Waals surface area contributed by atoms with Crippen LogP contribution in [-0.4, -0.2) is 313 Å². The summed E-state index contributed by atoms with van der Waals surface area (Å²) >= 11 is 0. The molecular formula is C98H222N12O14. The van der Waals surface area contributed by atoms with Crippen LogP contribution in [0.2, 0.25) is 0 Å². The highest BCUT2D eigenvalue weighted by Crippen LogP contribution is 2.38. The SMILES string of the molecule is C.C.C.C.C.C.CC(=O)N1CC(C)C(O)C(O)C1.CC(=O)N1CC=CC(C)C1.CC(=O)N1CCCC(C)C1.CC(O)CO.CC1C=CCNC1.CC1CC(C)(C)CC(O)C1O.CC1CC(C)C(O)C(O)C1.CC1CCCC(O)C1O.CC1CCCN1C.CC1CCN(CC=O)CC1.CCCCN.CCCCNC.CCCN.CCCNC.CCN.CCNC. The number of nitrogens with two attached hydrogens (primary N) is 3. The molecule has 0 radical (unpaired) electrons. The van der Waals surface area contributed by atoms with Crippen molar-refractivity contribution in [2.24, 2.45) is 75.9 Å². The Kier molecular flexibility index (Phi) is 119. The van der Waals surface area contributed by atoms with Crippen LogP contribution < -0.4 is 38.5 Å². The van der Waals surface area contributed by atoms with Crippen molar-refractivity contribution >= 4 is 24.0 Å². The van der Waals surface area contributed by atoms with Crippen LogP contribution in [0.4, 0.5) is 0 Å². The van der Waals surface area contributed by atoms with Crippen LogP contribution in [0.1, 0.15) is 319 Å². The second-order valence-corrected chi connectivity index (χ2v) is 35.0. The van der Waals surface area contributed by atoms with Crippen LogP contribution in [0.5, 0.6) is 0 Å². The van der Waals surface area contributed by atoms with Gasteiger partial charge in [0.25, 0.3) is 0 Å². The first-order valence-electron chi connectivity index (χ1n) is 45.9. The molecule has 0 aromatic carbocycles. The Labute approximate surface area is 768 Å². The Morgan fingerprint density at radius 3 is 1.28 bits per heavy atom. The lowest BCUT2D eigenvalue weighted by atomic mass is 9.70. The predicted molar refractivity (Wildman–Crippen MR) is 537 cm³/mol. The Morgan fingerprint density at radius 1 is 0.508 bits per heavy atom. The average molecular weight is 1790 g/mol. The molecule has 6 heterocycles. The van der Waals surface area contributed by atoms with Gasteiger partial charge < -0.3 is 114 Å². The number of β-amino-alcohol motifs (C(OH)–C–C–N with tert-alkyl or cyclic N) is 1. The number of hydrogen-bond donors (Lipinski definition) is 17. The molecule has 20 N–H and O–H groups in total. The molecule has 3 aliphatic carbocycles. The van der Waals surface area contributed by atoms with E-state index in [1.165, 1.54) is 91.0 Å². The molecule has 18 atom stereocenters. The van der Waals surface area contributed by atoms with Gasteiger partial charge >= 0.3 is 0 Å². The lowest BCUT2D eigenvalue weighted by Crippen LogP contribution is -2.52. The molecule has 3 amide bonds. The lowest BCUT2D eigenvalue weighted by Gasteiger charge is -2.40. The molecule has 3 saturated carbocycles. The zero-order valence-corrected chi connectivity index (χ0v) is 80.8. The largest absolute Gasteiger partial charge is 0.394 e. The third kappa shape index (κ3) is 90.7. The number of amides is 3. The first-order chi connectivity index (χ1) is 55.4. The molecule has 4 saturated heterocycles. The van der Waals surface area contributed by atoms with Crippen LogP contribution in [-0.2, 0) is 19.2 Å². The van der Waals surface area contributed by atoms with E-state index < -0.39 is 54.9 Å². The Bertz CT molecular complexity index is 2190. The summed E-state index contributed by atoms with van der Waals surface area (Å²) in [5.41, 5.74) is 15.2. The molecule has 9 aliphatic rings. The third-order valence-electron chi connectivity index (χ3n) is 21.4. The molecule has 26 heteroatoms. The molecule has 0 spiro atoms. The van der Waals surface area contributed by atoms with Gasteiger partial charge in [-0.05, 0) is 256 Å². The van der Waals surface area contributed by atoms with Gasteiger partial charge in [0.2, 0.25) is 17.7 Å². The fourth-order valence-corrected chi connectivity index (χ4v) is 13.4. The maximum absolute atomic E-state index is 10.9. The van der Waals surface area contributed by atoms with Gasteiger partial charge in [-0.3, -0.25) is 19.3 Å². The van der Waals surface area contributed by atoms with Gasteiger partial charge in [0.05, 0.1) is 68.1 Å². The molecule has 0 bridgehead atoms. The number of aliphatic hydroxyl groups is 10. The van der Waals surface area contributed by atoms with Gasteiger partial charge in [0.1, 0.15) is 6.29 Å². The Morgan fingerprint density at radius 2 is 0.992 bits per heavy atom. The second-order valence-electron chi connectivity index (χ2n) is 35.0. The predicted octanol–water partition coefficient (Wildman–Crippen LogP) is 12.9. The topological polar surface area (TPSA) is 413 Å². The number of carbonyl (C=O) groups excluding carboxylic acids is 4. The number of carbonyl (C=O) groups is 4. The van der Waals surface area contributed by atoms with Crippen LogP contribution in [0.3, 0.4) is 0 Å². The minimum Gasteiger partial charge on any atom is -0.394 e. The summed E-state index contributed by atoms with van der Waals surface area (Å²) in [4.78, 5) is 52.7. The van der Waals surface area contributed by atoms with Crippen molar-refractivity contribution in [2.75, 3.05) is 153 Å². The zero-order chi connectivity index (χ0) is 92.3. The summed E-state index contributed by atoms with van der Waals surface area (Å²) in [5, 5.41) is 103. The summed E-state index contributed by atoms with van der Waals surface area (Å²) in [6.45, 7) is 60.4. The van der Waals surface area contributed by atoms with Gasteiger partial charge in [-0.15, -0.1) is 0 Å². The van der Waals surface area contributed by atoms with Crippen molar-refractivity contribution in [2.45, 2.75) is 380 Å². The van der Waals surface area contributed by atoms with Crippen molar-refractivity contribution in [1.29, 1.82) is 0 Å². The molecule has 0 aromatic rings. The van der Waals surface area contributed by atoms with Crippen LogP contribution >= 0.6 is 0 Å². The lowest BCUT2D eigenvalue weighted by molar-refractivity contribution is -0.139. The van der Waals surface area contributed by atoms with E-state index in [1.54, 1.807) is 18.7 Å². The van der Waals surface area contributed by atoms with Crippen molar-refractivity contribution in [3.05, 3.63) is 24.3 Å². The molecule has 758 valence electrons. The average Bonchev–Trinajstić information content (AvgIpc) is 0.961. The third-order valence-corrected chi connectivity index (χ3v) is 21.4. The maximum Gasteiger partial charge on any atom is 0.219 e. The quantitative estimate of drug-likeness (QED) is 0.0490. The molecule has 26 nitrogen and oxygen atoms in total. The summed E-state index contributed by atoms with van der Waals surface area (Å²) < 4.78 is 0. The molecule has 124 heavy (non-hydrogen) atoms. The van der Waals surface area contributed by atoms with Crippen molar-refractivity contribution in [1.82, 2.24) is 45.8 Å². The Balaban J connectivity index is -0.0000000972. The molecule has 9 rings (SSSR count). The van der Waals surface area contributed by atoms with Crippen molar-refractivity contribution in [3.63, 3.8) is 0 Å². The Hall–Kier alpha value is -3.20. The van der Waals surface area contributed by atoms with Crippen LogP contribution in [0.25, 0.3) is 0 Å². The van der Waals surface area contributed by atoms with E-state index in [0.29, 0.717) is 30.8 Å². The summed E-state index contributed by atoms with van der Waals surface area (Å²) in [7, 11) is 8.07. The molecule has 18 unspecified atom stereocenters. The highest BCUT2D eigenvalue weighted by Gasteiger charge is 2.38.